The van der Waals surface area contributed by atoms with Gasteiger partial charge in [0.15, 0.2) is 0 Å². The van der Waals surface area contributed by atoms with Crippen molar-refractivity contribution in [2.75, 3.05) is 0 Å². The Labute approximate surface area is 134 Å². The van der Waals surface area contributed by atoms with Gasteiger partial charge in [0.1, 0.15) is 0 Å². The van der Waals surface area contributed by atoms with E-state index in [4.69, 9.17) is 15.6 Å². The normalized spacial score (nSPS) is 22.7. The molecular formula is C16H21N3O4. The topological polar surface area (TPSA) is 114 Å². The quantitative estimate of drug-likeness (QED) is 0.694. The summed E-state index contributed by atoms with van der Waals surface area (Å²) < 4.78 is 5.89. The number of aliphatic carboxylic acids is 1. The van der Waals surface area contributed by atoms with Crippen molar-refractivity contribution in [1.29, 1.82) is 0 Å². The van der Waals surface area contributed by atoms with Crippen molar-refractivity contribution in [3.05, 3.63) is 35.9 Å². The monoisotopic (exact) mass is 319 g/mol. The first-order chi connectivity index (χ1) is 11.0. The van der Waals surface area contributed by atoms with Crippen molar-refractivity contribution >= 4 is 17.7 Å². The molecule has 0 aliphatic heterocycles. The molecule has 7 heteroatoms. The standard InChI is InChI=1S/C16H21N3O4/c17-16(22)19-18-14-7-6-13(8-12(14)9-15(20)21)23-10-11-4-2-1-3-5-11/h1-5,12-13H,6-10H2,(H,20,21)(H3,17,19,22)/b18-14-/t12-,13-/m0/s1. The lowest BCUT2D eigenvalue weighted by molar-refractivity contribution is -0.137. The van der Waals surface area contributed by atoms with Gasteiger partial charge in [-0.2, -0.15) is 5.10 Å². The molecule has 1 aliphatic rings. The fourth-order valence-electron chi connectivity index (χ4n) is 2.71. The number of urea groups is 1. The third kappa shape index (κ3) is 5.71. The van der Waals surface area contributed by atoms with E-state index >= 15 is 0 Å². The number of carboxylic acids is 1. The first-order valence-electron chi connectivity index (χ1n) is 7.54. The number of ether oxygens (including phenoxy) is 1. The maximum atomic E-state index is 11.0. The van der Waals surface area contributed by atoms with E-state index < -0.39 is 12.0 Å². The van der Waals surface area contributed by atoms with Gasteiger partial charge >= 0.3 is 12.0 Å². The zero-order chi connectivity index (χ0) is 16.7. The molecule has 124 valence electrons. The Hall–Kier alpha value is -2.41. The van der Waals surface area contributed by atoms with Gasteiger partial charge in [-0.15, -0.1) is 0 Å². The van der Waals surface area contributed by atoms with Gasteiger partial charge in [0.05, 0.1) is 19.1 Å². The molecular weight excluding hydrogens is 298 g/mol. The molecule has 0 spiro atoms. The molecule has 2 amide bonds. The van der Waals surface area contributed by atoms with Gasteiger partial charge in [0.2, 0.25) is 0 Å². The molecule has 0 saturated heterocycles. The zero-order valence-electron chi connectivity index (χ0n) is 12.8. The van der Waals surface area contributed by atoms with Crippen LogP contribution in [0.2, 0.25) is 0 Å². The van der Waals surface area contributed by atoms with E-state index in [-0.39, 0.29) is 18.4 Å². The molecule has 23 heavy (non-hydrogen) atoms. The Morgan fingerprint density at radius 2 is 2.09 bits per heavy atom. The summed E-state index contributed by atoms with van der Waals surface area (Å²) in [5.74, 6) is -1.15. The molecule has 1 aliphatic carbocycles. The summed E-state index contributed by atoms with van der Waals surface area (Å²) in [6, 6.07) is 9.07. The van der Waals surface area contributed by atoms with Gasteiger partial charge in [-0.1, -0.05) is 30.3 Å². The highest BCUT2D eigenvalue weighted by atomic mass is 16.5. The van der Waals surface area contributed by atoms with Gasteiger partial charge in [-0.25, -0.2) is 10.2 Å². The van der Waals surface area contributed by atoms with Gasteiger partial charge < -0.3 is 15.6 Å². The van der Waals surface area contributed by atoms with Crippen molar-refractivity contribution in [1.82, 2.24) is 5.43 Å². The fraction of sp³-hybridized carbons (Fsp3) is 0.438. The summed E-state index contributed by atoms with van der Waals surface area (Å²) >= 11 is 0. The molecule has 0 heterocycles. The van der Waals surface area contributed by atoms with Crippen molar-refractivity contribution in [2.45, 2.75) is 38.4 Å². The van der Waals surface area contributed by atoms with Crippen molar-refractivity contribution in [2.24, 2.45) is 16.8 Å². The van der Waals surface area contributed by atoms with E-state index in [1.807, 2.05) is 30.3 Å². The summed E-state index contributed by atoms with van der Waals surface area (Å²) in [6.07, 6.45) is 1.83. The average Bonchev–Trinajstić information content (AvgIpc) is 2.52. The van der Waals surface area contributed by atoms with E-state index in [0.29, 0.717) is 25.2 Å². The number of carboxylic acid groups (broad SMARTS) is 1. The van der Waals surface area contributed by atoms with Crippen LogP contribution in [-0.2, 0) is 16.1 Å². The number of nitrogens with two attached hydrogens (primary N) is 1. The molecule has 0 unspecified atom stereocenters. The number of hydrogen-bond donors (Lipinski definition) is 3. The first-order valence-corrected chi connectivity index (χ1v) is 7.54. The zero-order valence-corrected chi connectivity index (χ0v) is 12.8. The van der Waals surface area contributed by atoms with Crippen LogP contribution in [0, 0.1) is 5.92 Å². The number of nitrogens with one attached hydrogen (secondary N) is 1. The van der Waals surface area contributed by atoms with Crippen molar-refractivity contribution < 1.29 is 19.4 Å². The second-order valence-electron chi connectivity index (χ2n) is 5.57. The molecule has 0 aromatic heterocycles. The summed E-state index contributed by atoms with van der Waals surface area (Å²) in [5, 5.41) is 13.0. The highest BCUT2D eigenvalue weighted by Crippen LogP contribution is 2.27. The number of carbonyl (C=O) groups excluding carboxylic acids is 1. The van der Waals surface area contributed by atoms with Crippen LogP contribution in [0.25, 0.3) is 0 Å². The number of amides is 2. The SMILES string of the molecule is NC(=O)N/N=C1/CC[C@H](OCc2ccccc2)C[C@H]1CC(=O)O. The number of carbonyl (C=O) groups is 2. The number of nitrogens with zero attached hydrogens (tertiary/aromatic N) is 1. The van der Waals surface area contributed by atoms with Gasteiger partial charge in [-0.05, 0) is 24.8 Å². The maximum absolute atomic E-state index is 11.0. The fourth-order valence-corrected chi connectivity index (χ4v) is 2.71. The molecule has 1 fully saturated rings. The molecule has 2 rings (SSSR count). The van der Waals surface area contributed by atoms with Crippen LogP contribution in [0.1, 0.15) is 31.2 Å². The molecule has 0 bridgehead atoms. The molecule has 1 aromatic rings. The minimum absolute atomic E-state index is 0.0212. The summed E-state index contributed by atoms with van der Waals surface area (Å²) in [5.41, 5.74) is 8.92. The smallest absolute Gasteiger partial charge is 0.332 e. The third-order valence-electron chi connectivity index (χ3n) is 3.80. The Morgan fingerprint density at radius 3 is 2.74 bits per heavy atom. The number of hydrogen-bond acceptors (Lipinski definition) is 4. The summed E-state index contributed by atoms with van der Waals surface area (Å²) in [7, 11) is 0. The minimum Gasteiger partial charge on any atom is -0.481 e. The van der Waals surface area contributed by atoms with Gasteiger partial charge in [0.25, 0.3) is 0 Å². The van der Waals surface area contributed by atoms with Crippen LogP contribution in [0.4, 0.5) is 4.79 Å². The molecule has 1 saturated carbocycles. The lowest BCUT2D eigenvalue weighted by Crippen LogP contribution is -2.34. The molecule has 1 aromatic carbocycles. The van der Waals surface area contributed by atoms with E-state index in [2.05, 4.69) is 10.5 Å². The van der Waals surface area contributed by atoms with Gasteiger partial charge in [0, 0.05) is 11.6 Å². The minimum atomic E-state index is -0.898. The maximum Gasteiger partial charge on any atom is 0.332 e. The van der Waals surface area contributed by atoms with Crippen LogP contribution < -0.4 is 11.2 Å². The lowest BCUT2D eigenvalue weighted by Gasteiger charge is -2.29. The first kappa shape index (κ1) is 17.0. The van der Waals surface area contributed by atoms with Crippen LogP contribution in [-0.4, -0.2) is 28.9 Å². The number of benzene rings is 1. The van der Waals surface area contributed by atoms with E-state index in [0.717, 1.165) is 12.0 Å². The van der Waals surface area contributed by atoms with Crippen LogP contribution in [0.3, 0.4) is 0 Å². The highest BCUT2D eigenvalue weighted by Gasteiger charge is 2.29. The van der Waals surface area contributed by atoms with Crippen molar-refractivity contribution in [3.8, 4) is 0 Å². The predicted octanol–water partition coefficient (Wildman–Crippen LogP) is 1.87. The van der Waals surface area contributed by atoms with Gasteiger partial charge in [-0.3, -0.25) is 4.79 Å². The molecule has 0 radical (unpaired) electrons. The van der Waals surface area contributed by atoms with Crippen LogP contribution in [0.15, 0.2) is 35.4 Å². The van der Waals surface area contributed by atoms with E-state index in [1.54, 1.807) is 0 Å². The van der Waals surface area contributed by atoms with Crippen LogP contribution >= 0.6 is 0 Å². The second kappa shape index (κ2) is 8.28. The number of primary amides is 1. The van der Waals surface area contributed by atoms with Crippen LogP contribution in [0.5, 0.6) is 0 Å². The molecule has 7 nitrogen and oxygen atoms in total. The second-order valence-corrected chi connectivity index (χ2v) is 5.57. The third-order valence-corrected chi connectivity index (χ3v) is 3.80. The van der Waals surface area contributed by atoms with E-state index in [1.165, 1.54) is 0 Å². The number of rotatable bonds is 6. The molecule has 4 N–H and O–H groups in total. The Morgan fingerprint density at radius 1 is 1.35 bits per heavy atom. The highest BCUT2D eigenvalue weighted by molar-refractivity contribution is 5.91. The Kier molecular flexibility index (Phi) is 6.10. The summed E-state index contributed by atoms with van der Waals surface area (Å²) in [6.45, 7) is 0.497. The summed E-state index contributed by atoms with van der Waals surface area (Å²) in [4.78, 5) is 21.8. The predicted molar refractivity (Wildman–Crippen MR) is 84.8 cm³/mol. The number of hydrazone groups is 1. The van der Waals surface area contributed by atoms with Crippen molar-refractivity contribution in [3.63, 3.8) is 0 Å². The Balaban J connectivity index is 1.94. The van der Waals surface area contributed by atoms with E-state index in [9.17, 15) is 9.59 Å². The largest absolute Gasteiger partial charge is 0.481 e. The average molecular weight is 319 g/mol. The Bertz CT molecular complexity index is 574. The molecule has 2 atom stereocenters. The lowest BCUT2D eigenvalue weighted by atomic mass is 9.83.